The van der Waals surface area contributed by atoms with Gasteiger partial charge in [0.05, 0.1) is 7.11 Å². The van der Waals surface area contributed by atoms with Crippen LogP contribution in [0.5, 0.6) is 0 Å². The molecule has 0 spiro atoms. The van der Waals surface area contributed by atoms with Crippen LogP contribution >= 0.6 is 0 Å². The van der Waals surface area contributed by atoms with E-state index in [-0.39, 0.29) is 5.82 Å². The molecule has 1 aromatic rings. The van der Waals surface area contributed by atoms with E-state index < -0.39 is 5.97 Å². The van der Waals surface area contributed by atoms with Gasteiger partial charge in [0, 0.05) is 13.0 Å². The van der Waals surface area contributed by atoms with Crippen molar-refractivity contribution in [1.29, 1.82) is 0 Å². The number of aromatic nitrogens is 2. The topological polar surface area (TPSA) is 70.1 Å². The highest BCUT2D eigenvalue weighted by Crippen LogP contribution is 2.15. The Kier molecular flexibility index (Phi) is 3.11. The molecule has 0 aromatic carbocycles. The van der Waals surface area contributed by atoms with Crippen LogP contribution < -0.4 is 5.73 Å². The summed E-state index contributed by atoms with van der Waals surface area (Å²) in [6.07, 6.45) is 0.745. The maximum absolute atomic E-state index is 11.4. The summed E-state index contributed by atoms with van der Waals surface area (Å²) in [5, 5.41) is 0. The molecule has 0 saturated carbocycles. The average Bonchev–Trinajstić information content (AvgIpc) is 2.53. The van der Waals surface area contributed by atoms with Crippen LogP contribution in [-0.4, -0.2) is 22.6 Å². The molecule has 5 nitrogen and oxygen atoms in total. The lowest BCUT2D eigenvalue weighted by atomic mass is 10.4. The molecule has 0 bridgehead atoms. The highest BCUT2D eigenvalue weighted by Gasteiger charge is 2.19. The molecule has 1 rings (SSSR count). The van der Waals surface area contributed by atoms with Gasteiger partial charge in [-0.05, 0) is 6.92 Å². The van der Waals surface area contributed by atoms with Crippen molar-refractivity contribution >= 4 is 11.8 Å². The molecular weight excluding hydrogens is 182 g/mol. The SMILES string of the molecule is CCc1nc(N)c(C(=O)OC)n1CC. The fourth-order valence-corrected chi connectivity index (χ4v) is 1.44. The van der Waals surface area contributed by atoms with E-state index in [1.54, 1.807) is 4.57 Å². The van der Waals surface area contributed by atoms with Crippen molar-refractivity contribution in [1.82, 2.24) is 9.55 Å². The zero-order chi connectivity index (χ0) is 10.7. The van der Waals surface area contributed by atoms with Crippen molar-refractivity contribution in [2.75, 3.05) is 12.8 Å². The van der Waals surface area contributed by atoms with Crippen molar-refractivity contribution < 1.29 is 9.53 Å². The second kappa shape index (κ2) is 4.13. The van der Waals surface area contributed by atoms with Crippen LogP contribution in [0.1, 0.15) is 30.2 Å². The van der Waals surface area contributed by atoms with E-state index in [4.69, 9.17) is 5.73 Å². The zero-order valence-corrected chi connectivity index (χ0v) is 8.70. The zero-order valence-electron chi connectivity index (χ0n) is 8.70. The van der Waals surface area contributed by atoms with Gasteiger partial charge in [-0.1, -0.05) is 6.92 Å². The predicted molar refractivity (Wildman–Crippen MR) is 53.0 cm³/mol. The third-order valence-corrected chi connectivity index (χ3v) is 2.08. The largest absolute Gasteiger partial charge is 0.464 e. The van der Waals surface area contributed by atoms with Crippen molar-refractivity contribution in [2.45, 2.75) is 26.8 Å². The fraction of sp³-hybridized carbons (Fsp3) is 0.556. The van der Waals surface area contributed by atoms with Crippen LogP contribution in [0.2, 0.25) is 0 Å². The Labute approximate surface area is 82.9 Å². The predicted octanol–water partition coefficient (Wildman–Crippen LogP) is 0.834. The number of aryl methyl sites for hydroxylation is 1. The van der Waals surface area contributed by atoms with E-state index in [2.05, 4.69) is 9.72 Å². The number of methoxy groups -OCH3 is 1. The number of nitrogens with zero attached hydrogens (tertiary/aromatic N) is 2. The Morgan fingerprint density at radius 1 is 1.57 bits per heavy atom. The Balaban J connectivity index is 3.25. The van der Waals surface area contributed by atoms with E-state index in [1.807, 2.05) is 13.8 Å². The van der Waals surface area contributed by atoms with Crippen molar-refractivity contribution in [3.05, 3.63) is 11.5 Å². The number of hydrogen-bond acceptors (Lipinski definition) is 4. The van der Waals surface area contributed by atoms with E-state index >= 15 is 0 Å². The smallest absolute Gasteiger partial charge is 0.358 e. The summed E-state index contributed by atoms with van der Waals surface area (Å²) in [6.45, 7) is 4.57. The Morgan fingerprint density at radius 2 is 2.21 bits per heavy atom. The number of esters is 1. The third kappa shape index (κ3) is 1.57. The average molecular weight is 197 g/mol. The van der Waals surface area contributed by atoms with Gasteiger partial charge in [-0.2, -0.15) is 0 Å². The van der Waals surface area contributed by atoms with Gasteiger partial charge in [-0.3, -0.25) is 0 Å². The third-order valence-electron chi connectivity index (χ3n) is 2.08. The van der Waals surface area contributed by atoms with E-state index in [1.165, 1.54) is 7.11 Å². The summed E-state index contributed by atoms with van der Waals surface area (Å²) in [6, 6.07) is 0. The van der Waals surface area contributed by atoms with Gasteiger partial charge >= 0.3 is 5.97 Å². The lowest BCUT2D eigenvalue weighted by Gasteiger charge is -2.06. The van der Waals surface area contributed by atoms with Crippen LogP contribution in [-0.2, 0) is 17.7 Å². The number of carbonyl (C=O) groups is 1. The number of ether oxygens (including phenoxy) is 1. The molecule has 0 aliphatic carbocycles. The Bertz CT molecular complexity index is 344. The number of nitrogen functional groups attached to an aromatic ring is 1. The summed E-state index contributed by atoms with van der Waals surface area (Å²) >= 11 is 0. The van der Waals surface area contributed by atoms with Gasteiger partial charge < -0.3 is 15.0 Å². The molecule has 78 valence electrons. The summed E-state index contributed by atoms with van der Waals surface area (Å²) in [5.74, 6) is 0.623. The second-order valence-corrected chi connectivity index (χ2v) is 2.85. The molecule has 0 amide bonds. The molecule has 0 aliphatic heterocycles. The lowest BCUT2D eigenvalue weighted by Crippen LogP contribution is -2.13. The number of anilines is 1. The molecule has 0 unspecified atom stereocenters. The number of rotatable bonds is 3. The first-order valence-corrected chi connectivity index (χ1v) is 4.58. The molecule has 0 radical (unpaired) electrons. The van der Waals surface area contributed by atoms with Crippen LogP contribution in [0.25, 0.3) is 0 Å². The van der Waals surface area contributed by atoms with Crippen molar-refractivity contribution in [3.8, 4) is 0 Å². The molecular formula is C9H15N3O2. The standard InChI is InChI=1S/C9H15N3O2/c1-4-6-11-8(10)7(9(13)14-3)12(6)5-2/h4-5,10H2,1-3H3. The van der Waals surface area contributed by atoms with Crippen LogP contribution in [0.3, 0.4) is 0 Å². The normalized spacial score (nSPS) is 10.2. The fourth-order valence-electron chi connectivity index (χ4n) is 1.44. The summed E-state index contributed by atoms with van der Waals surface area (Å²) in [5.41, 5.74) is 5.99. The van der Waals surface area contributed by atoms with Gasteiger partial charge in [0.15, 0.2) is 11.5 Å². The van der Waals surface area contributed by atoms with Gasteiger partial charge in [0.2, 0.25) is 0 Å². The molecule has 2 N–H and O–H groups in total. The number of hydrogen-bond donors (Lipinski definition) is 1. The molecule has 0 atom stereocenters. The molecule has 0 saturated heterocycles. The van der Waals surface area contributed by atoms with Crippen LogP contribution in [0.4, 0.5) is 5.82 Å². The summed E-state index contributed by atoms with van der Waals surface area (Å²) < 4.78 is 6.42. The first kappa shape index (κ1) is 10.6. The van der Waals surface area contributed by atoms with Gasteiger partial charge in [0.25, 0.3) is 0 Å². The molecule has 1 aromatic heterocycles. The minimum Gasteiger partial charge on any atom is -0.464 e. The maximum Gasteiger partial charge on any atom is 0.358 e. The van der Waals surface area contributed by atoms with Gasteiger partial charge in [0.1, 0.15) is 5.82 Å². The van der Waals surface area contributed by atoms with Gasteiger partial charge in [-0.15, -0.1) is 0 Å². The molecule has 0 fully saturated rings. The minimum atomic E-state index is -0.434. The number of nitrogens with two attached hydrogens (primary N) is 1. The monoisotopic (exact) mass is 197 g/mol. The summed E-state index contributed by atoms with van der Waals surface area (Å²) in [7, 11) is 1.33. The Hall–Kier alpha value is -1.52. The second-order valence-electron chi connectivity index (χ2n) is 2.85. The molecule has 1 heterocycles. The number of imidazole rings is 1. The first-order chi connectivity index (χ1) is 6.65. The van der Waals surface area contributed by atoms with E-state index in [0.29, 0.717) is 12.2 Å². The Morgan fingerprint density at radius 3 is 2.64 bits per heavy atom. The van der Waals surface area contributed by atoms with Crippen molar-refractivity contribution in [3.63, 3.8) is 0 Å². The number of carbonyl (C=O) groups excluding carboxylic acids is 1. The lowest BCUT2D eigenvalue weighted by molar-refractivity contribution is 0.0589. The highest BCUT2D eigenvalue weighted by molar-refractivity contribution is 5.92. The molecule has 14 heavy (non-hydrogen) atoms. The highest BCUT2D eigenvalue weighted by atomic mass is 16.5. The first-order valence-electron chi connectivity index (χ1n) is 4.58. The van der Waals surface area contributed by atoms with E-state index in [0.717, 1.165) is 12.2 Å². The van der Waals surface area contributed by atoms with Gasteiger partial charge in [-0.25, -0.2) is 9.78 Å². The van der Waals surface area contributed by atoms with Crippen LogP contribution in [0, 0.1) is 0 Å². The summed E-state index contributed by atoms with van der Waals surface area (Å²) in [4.78, 5) is 15.5. The minimum absolute atomic E-state index is 0.246. The molecule has 5 heteroatoms. The maximum atomic E-state index is 11.4. The van der Waals surface area contributed by atoms with E-state index in [9.17, 15) is 4.79 Å². The quantitative estimate of drug-likeness (QED) is 0.729. The van der Waals surface area contributed by atoms with Crippen molar-refractivity contribution in [2.24, 2.45) is 0 Å². The van der Waals surface area contributed by atoms with Crippen LogP contribution in [0.15, 0.2) is 0 Å². The molecule has 0 aliphatic rings.